The molecule has 0 unspecified atom stereocenters. The molecule has 3 aromatic rings. The van der Waals surface area contributed by atoms with Crippen molar-refractivity contribution in [1.29, 1.82) is 0 Å². The highest BCUT2D eigenvalue weighted by Crippen LogP contribution is 2.27. The van der Waals surface area contributed by atoms with Crippen molar-refractivity contribution in [1.82, 2.24) is 19.6 Å². The maximum atomic E-state index is 12.5. The summed E-state index contributed by atoms with van der Waals surface area (Å²) in [7, 11) is 0. The van der Waals surface area contributed by atoms with Crippen molar-refractivity contribution in [2.45, 2.75) is 32.2 Å². The number of nitrogens with one attached hydrogen (secondary N) is 1. The Kier molecular flexibility index (Phi) is 6.06. The number of aromatic nitrogens is 2. The molecule has 1 aliphatic heterocycles. The number of fused-ring (bicyclic) bond motifs is 1. The van der Waals surface area contributed by atoms with Gasteiger partial charge in [-0.15, -0.1) is 6.58 Å². The number of imidazole rings is 1. The SMILES string of the molecule is C=CCNC(=O)c1ccc2nc(-c3ccccc3)c(CN3CCCCCC3)n2c1. The average Bonchev–Trinajstić information content (AvgIpc) is 2.92. The van der Waals surface area contributed by atoms with Gasteiger partial charge in [-0.2, -0.15) is 0 Å². The fraction of sp³-hybridized carbons (Fsp3) is 0.333. The second-order valence-corrected chi connectivity index (χ2v) is 7.61. The van der Waals surface area contributed by atoms with Gasteiger partial charge in [-0.1, -0.05) is 49.2 Å². The van der Waals surface area contributed by atoms with Gasteiger partial charge in [0.25, 0.3) is 5.91 Å². The molecule has 0 saturated carbocycles. The average molecular weight is 389 g/mol. The van der Waals surface area contributed by atoms with Crippen LogP contribution in [0.4, 0.5) is 0 Å². The maximum Gasteiger partial charge on any atom is 0.253 e. The number of likely N-dealkylation sites (tertiary alicyclic amines) is 1. The zero-order valence-electron chi connectivity index (χ0n) is 16.8. The van der Waals surface area contributed by atoms with Gasteiger partial charge in [-0.25, -0.2) is 4.98 Å². The summed E-state index contributed by atoms with van der Waals surface area (Å²) >= 11 is 0. The Morgan fingerprint density at radius 3 is 2.55 bits per heavy atom. The Morgan fingerprint density at radius 1 is 1.07 bits per heavy atom. The van der Waals surface area contributed by atoms with Gasteiger partial charge < -0.3 is 9.72 Å². The zero-order chi connectivity index (χ0) is 20.1. The number of amides is 1. The third-order valence-corrected chi connectivity index (χ3v) is 5.51. The highest BCUT2D eigenvalue weighted by atomic mass is 16.1. The van der Waals surface area contributed by atoms with E-state index in [4.69, 9.17) is 4.98 Å². The largest absolute Gasteiger partial charge is 0.349 e. The van der Waals surface area contributed by atoms with Gasteiger partial charge >= 0.3 is 0 Å². The lowest BCUT2D eigenvalue weighted by Crippen LogP contribution is -2.25. The van der Waals surface area contributed by atoms with E-state index in [0.717, 1.165) is 42.2 Å². The van der Waals surface area contributed by atoms with E-state index in [9.17, 15) is 4.79 Å². The molecule has 0 bridgehead atoms. The highest BCUT2D eigenvalue weighted by molar-refractivity contribution is 5.94. The van der Waals surface area contributed by atoms with Crippen LogP contribution in [0.25, 0.3) is 16.9 Å². The first-order chi connectivity index (χ1) is 14.3. The lowest BCUT2D eigenvalue weighted by Gasteiger charge is -2.20. The standard InChI is InChI=1S/C24H28N4O/c1-2-14-25-24(29)20-12-13-22-26-23(19-10-6-5-7-11-19)21(28(22)17-20)18-27-15-8-3-4-9-16-27/h2,5-7,10-13,17H,1,3-4,8-9,14-16,18H2,(H,25,29). The van der Waals surface area contributed by atoms with Crippen LogP contribution in [0.1, 0.15) is 41.7 Å². The van der Waals surface area contributed by atoms with Gasteiger partial charge in [0.2, 0.25) is 0 Å². The Labute approximate surface area is 172 Å². The summed E-state index contributed by atoms with van der Waals surface area (Å²) in [6.45, 7) is 7.18. The summed E-state index contributed by atoms with van der Waals surface area (Å²) in [5.74, 6) is -0.0949. The molecule has 150 valence electrons. The van der Waals surface area contributed by atoms with E-state index >= 15 is 0 Å². The minimum absolute atomic E-state index is 0.0949. The first kappa shape index (κ1) is 19.4. The first-order valence-electron chi connectivity index (χ1n) is 10.4. The van der Waals surface area contributed by atoms with E-state index < -0.39 is 0 Å². The van der Waals surface area contributed by atoms with Gasteiger partial charge in [0.05, 0.1) is 17.0 Å². The third-order valence-electron chi connectivity index (χ3n) is 5.51. The van der Waals surface area contributed by atoms with Crippen LogP contribution >= 0.6 is 0 Å². The lowest BCUT2D eigenvalue weighted by molar-refractivity contribution is 0.0957. The molecule has 1 aromatic carbocycles. The molecule has 0 spiro atoms. The van der Waals surface area contributed by atoms with Crippen molar-refractivity contribution < 1.29 is 4.79 Å². The van der Waals surface area contributed by atoms with E-state index in [0.29, 0.717) is 12.1 Å². The molecule has 1 saturated heterocycles. The van der Waals surface area contributed by atoms with Crippen LogP contribution in [0.5, 0.6) is 0 Å². The van der Waals surface area contributed by atoms with Crippen molar-refractivity contribution in [3.8, 4) is 11.3 Å². The quantitative estimate of drug-likeness (QED) is 0.641. The summed E-state index contributed by atoms with van der Waals surface area (Å²) in [6, 6.07) is 14.1. The molecule has 1 fully saturated rings. The molecule has 0 atom stereocenters. The molecule has 1 N–H and O–H groups in total. The van der Waals surface area contributed by atoms with Crippen molar-refractivity contribution in [3.63, 3.8) is 0 Å². The Balaban J connectivity index is 1.76. The van der Waals surface area contributed by atoms with Gasteiger partial charge in [0.1, 0.15) is 5.65 Å². The Hall–Kier alpha value is -2.92. The van der Waals surface area contributed by atoms with Gasteiger partial charge in [-0.3, -0.25) is 9.69 Å². The van der Waals surface area contributed by atoms with E-state index in [2.05, 4.69) is 33.3 Å². The number of carbonyl (C=O) groups excluding carboxylic acids is 1. The van der Waals surface area contributed by atoms with Crippen molar-refractivity contribution in [3.05, 3.63) is 72.6 Å². The molecule has 4 rings (SSSR count). The molecule has 29 heavy (non-hydrogen) atoms. The summed E-state index contributed by atoms with van der Waals surface area (Å²) < 4.78 is 2.09. The smallest absolute Gasteiger partial charge is 0.253 e. The lowest BCUT2D eigenvalue weighted by atomic mass is 10.1. The molecule has 5 heteroatoms. The van der Waals surface area contributed by atoms with Crippen LogP contribution in [-0.4, -0.2) is 39.8 Å². The number of hydrogen-bond donors (Lipinski definition) is 1. The van der Waals surface area contributed by atoms with E-state index in [1.165, 1.54) is 25.7 Å². The summed E-state index contributed by atoms with van der Waals surface area (Å²) in [6.07, 6.45) is 8.71. The fourth-order valence-electron chi connectivity index (χ4n) is 3.98. The summed E-state index contributed by atoms with van der Waals surface area (Å²) in [5, 5.41) is 2.86. The highest BCUT2D eigenvalue weighted by Gasteiger charge is 2.19. The molecule has 2 aromatic heterocycles. The van der Waals surface area contributed by atoms with Gasteiger partial charge in [0.15, 0.2) is 0 Å². The van der Waals surface area contributed by atoms with Crippen molar-refractivity contribution >= 4 is 11.6 Å². The number of carbonyl (C=O) groups is 1. The first-order valence-corrected chi connectivity index (χ1v) is 10.4. The maximum absolute atomic E-state index is 12.5. The molecule has 1 aliphatic rings. The predicted molar refractivity (Wildman–Crippen MR) is 117 cm³/mol. The molecule has 1 amide bonds. The Morgan fingerprint density at radius 2 is 1.83 bits per heavy atom. The third kappa shape index (κ3) is 4.40. The van der Waals surface area contributed by atoms with Gasteiger partial charge in [-0.05, 0) is 38.1 Å². The number of hydrogen-bond acceptors (Lipinski definition) is 3. The molecule has 0 aliphatic carbocycles. The molecule has 3 heterocycles. The summed E-state index contributed by atoms with van der Waals surface area (Å²) in [5.41, 5.74) is 4.76. The Bertz CT molecular complexity index is 985. The number of nitrogens with zero attached hydrogens (tertiary/aromatic N) is 3. The van der Waals surface area contributed by atoms with Gasteiger partial charge in [0, 0.05) is 24.8 Å². The van der Waals surface area contributed by atoms with E-state index in [-0.39, 0.29) is 5.91 Å². The predicted octanol–water partition coefficient (Wildman–Crippen LogP) is 4.29. The van der Waals surface area contributed by atoms with Crippen LogP contribution in [0, 0.1) is 0 Å². The van der Waals surface area contributed by atoms with Crippen LogP contribution in [0.3, 0.4) is 0 Å². The number of rotatable bonds is 6. The topological polar surface area (TPSA) is 49.6 Å². The van der Waals surface area contributed by atoms with Crippen LogP contribution in [0.2, 0.25) is 0 Å². The zero-order valence-corrected chi connectivity index (χ0v) is 16.8. The minimum atomic E-state index is -0.0949. The molecule has 5 nitrogen and oxygen atoms in total. The number of pyridine rings is 1. The minimum Gasteiger partial charge on any atom is -0.349 e. The second-order valence-electron chi connectivity index (χ2n) is 7.61. The van der Waals surface area contributed by atoms with E-state index in [1.807, 2.05) is 36.5 Å². The molecular formula is C24H28N4O. The fourth-order valence-corrected chi connectivity index (χ4v) is 3.98. The molecule has 0 radical (unpaired) electrons. The van der Waals surface area contributed by atoms with Crippen LogP contribution in [-0.2, 0) is 6.54 Å². The normalized spacial score (nSPS) is 15.2. The monoisotopic (exact) mass is 388 g/mol. The number of benzene rings is 1. The van der Waals surface area contributed by atoms with Crippen molar-refractivity contribution in [2.24, 2.45) is 0 Å². The second kappa shape index (κ2) is 9.05. The molecular weight excluding hydrogens is 360 g/mol. The summed E-state index contributed by atoms with van der Waals surface area (Å²) in [4.78, 5) is 19.9. The van der Waals surface area contributed by atoms with E-state index in [1.54, 1.807) is 6.08 Å². The van der Waals surface area contributed by atoms with Crippen molar-refractivity contribution in [2.75, 3.05) is 19.6 Å². The van der Waals surface area contributed by atoms with Crippen LogP contribution in [0.15, 0.2) is 61.3 Å². The van der Waals surface area contributed by atoms with Crippen LogP contribution < -0.4 is 5.32 Å².